The third-order valence-corrected chi connectivity index (χ3v) is 2.93. The third-order valence-electron chi connectivity index (χ3n) is 2.93. The minimum absolute atomic E-state index is 0.153. The topological polar surface area (TPSA) is 21.3 Å². The molecule has 1 atom stereocenters. The van der Waals surface area contributed by atoms with Gasteiger partial charge in [-0.3, -0.25) is 0 Å². The highest BCUT2D eigenvalue weighted by atomic mass is 19.1. The SMILES string of the molecule is COCCC1CCNc2ccc(F)cc21. The smallest absolute Gasteiger partial charge is 0.123 e. The van der Waals surface area contributed by atoms with Gasteiger partial charge in [0.15, 0.2) is 0 Å². The lowest BCUT2D eigenvalue weighted by Crippen LogP contribution is -2.18. The van der Waals surface area contributed by atoms with Crippen molar-refractivity contribution in [2.24, 2.45) is 0 Å². The lowest BCUT2D eigenvalue weighted by Gasteiger charge is -2.26. The standard InChI is InChI=1S/C12H16FNO/c1-15-7-5-9-4-6-14-12-3-2-10(13)8-11(9)12/h2-3,8-9,14H,4-7H2,1H3. The average molecular weight is 209 g/mol. The van der Waals surface area contributed by atoms with E-state index >= 15 is 0 Å². The van der Waals surface area contributed by atoms with Crippen molar-refractivity contribution in [2.75, 3.05) is 25.6 Å². The highest BCUT2D eigenvalue weighted by molar-refractivity contribution is 5.54. The summed E-state index contributed by atoms with van der Waals surface area (Å²) in [6.07, 6.45) is 2.02. The van der Waals surface area contributed by atoms with Crippen molar-refractivity contribution in [3.63, 3.8) is 0 Å². The lowest BCUT2D eigenvalue weighted by atomic mass is 9.88. The normalized spacial score (nSPS) is 19.5. The fourth-order valence-electron chi connectivity index (χ4n) is 2.13. The Balaban J connectivity index is 2.20. The van der Waals surface area contributed by atoms with Gasteiger partial charge in [-0.2, -0.15) is 0 Å². The van der Waals surface area contributed by atoms with Crippen molar-refractivity contribution in [1.29, 1.82) is 0 Å². The zero-order valence-corrected chi connectivity index (χ0v) is 8.92. The van der Waals surface area contributed by atoms with Crippen LogP contribution in [0, 0.1) is 5.82 Å². The van der Waals surface area contributed by atoms with Crippen LogP contribution in [0.3, 0.4) is 0 Å². The summed E-state index contributed by atoms with van der Waals surface area (Å²) in [4.78, 5) is 0. The second kappa shape index (κ2) is 4.62. The van der Waals surface area contributed by atoms with Gasteiger partial charge in [0, 0.05) is 25.9 Å². The van der Waals surface area contributed by atoms with Crippen LogP contribution in [0.2, 0.25) is 0 Å². The minimum atomic E-state index is -0.153. The Morgan fingerprint density at radius 2 is 2.40 bits per heavy atom. The van der Waals surface area contributed by atoms with Crippen molar-refractivity contribution < 1.29 is 9.13 Å². The fourth-order valence-corrected chi connectivity index (χ4v) is 2.13. The summed E-state index contributed by atoms with van der Waals surface area (Å²) in [6.45, 7) is 1.70. The van der Waals surface area contributed by atoms with Crippen LogP contribution in [-0.2, 0) is 4.74 Å². The molecule has 1 aliphatic rings. The monoisotopic (exact) mass is 209 g/mol. The molecule has 1 aromatic rings. The highest BCUT2D eigenvalue weighted by Gasteiger charge is 2.19. The Labute approximate surface area is 89.4 Å². The van der Waals surface area contributed by atoms with Gasteiger partial charge >= 0.3 is 0 Å². The minimum Gasteiger partial charge on any atom is -0.385 e. The van der Waals surface area contributed by atoms with Crippen molar-refractivity contribution in [2.45, 2.75) is 18.8 Å². The third kappa shape index (κ3) is 2.29. The maximum Gasteiger partial charge on any atom is 0.123 e. The number of anilines is 1. The molecule has 15 heavy (non-hydrogen) atoms. The van der Waals surface area contributed by atoms with Gasteiger partial charge in [-0.15, -0.1) is 0 Å². The molecule has 1 N–H and O–H groups in total. The first-order chi connectivity index (χ1) is 7.31. The Bertz CT molecular complexity index is 340. The molecule has 82 valence electrons. The van der Waals surface area contributed by atoms with Crippen molar-refractivity contribution >= 4 is 5.69 Å². The van der Waals surface area contributed by atoms with Crippen molar-refractivity contribution in [1.82, 2.24) is 0 Å². The predicted molar refractivity (Wildman–Crippen MR) is 58.7 cm³/mol. The van der Waals surface area contributed by atoms with Gasteiger partial charge in [0.2, 0.25) is 0 Å². The molecule has 0 radical (unpaired) electrons. The summed E-state index contributed by atoms with van der Waals surface area (Å²) < 4.78 is 18.2. The number of methoxy groups -OCH3 is 1. The van der Waals surface area contributed by atoms with Gasteiger partial charge in [-0.05, 0) is 42.5 Å². The Morgan fingerprint density at radius 3 is 3.20 bits per heavy atom. The molecule has 0 aliphatic carbocycles. The number of hydrogen-bond acceptors (Lipinski definition) is 2. The van der Waals surface area contributed by atoms with Crippen LogP contribution in [0.25, 0.3) is 0 Å². The molecular weight excluding hydrogens is 193 g/mol. The summed E-state index contributed by atoms with van der Waals surface area (Å²) >= 11 is 0. The Hall–Kier alpha value is -1.09. The van der Waals surface area contributed by atoms with Gasteiger partial charge in [-0.25, -0.2) is 4.39 Å². The molecule has 1 aliphatic heterocycles. The van der Waals surface area contributed by atoms with Gasteiger partial charge in [-0.1, -0.05) is 0 Å². The molecule has 0 aromatic heterocycles. The van der Waals surface area contributed by atoms with E-state index in [0.717, 1.165) is 37.2 Å². The van der Waals surface area contributed by atoms with Crippen molar-refractivity contribution in [3.8, 4) is 0 Å². The van der Waals surface area contributed by atoms with Crippen LogP contribution in [0.1, 0.15) is 24.3 Å². The van der Waals surface area contributed by atoms with Gasteiger partial charge in [0.25, 0.3) is 0 Å². The van der Waals surface area contributed by atoms with Crippen LogP contribution < -0.4 is 5.32 Å². The molecule has 0 spiro atoms. The van der Waals surface area contributed by atoms with E-state index in [-0.39, 0.29) is 5.82 Å². The Kier molecular flexibility index (Phi) is 3.21. The van der Waals surface area contributed by atoms with E-state index in [0.29, 0.717) is 5.92 Å². The first kappa shape index (κ1) is 10.4. The van der Waals surface area contributed by atoms with Crippen LogP contribution in [-0.4, -0.2) is 20.3 Å². The molecular formula is C12H16FNO. The first-order valence-electron chi connectivity index (χ1n) is 5.33. The second-order valence-corrected chi connectivity index (χ2v) is 3.93. The second-order valence-electron chi connectivity index (χ2n) is 3.93. The number of fused-ring (bicyclic) bond motifs is 1. The molecule has 1 unspecified atom stereocenters. The molecule has 3 heteroatoms. The number of rotatable bonds is 3. The zero-order chi connectivity index (χ0) is 10.7. The molecule has 0 amide bonds. The van der Waals surface area contributed by atoms with Gasteiger partial charge < -0.3 is 10.1 Å². The molecule has 2 nitrogen and oxygen atoms in total. The maximum atomic E-state index is 13.1. The summed E-state index contributed by atoms with van der Waals surface area (Å²) in [6, 6.07) is 4.97. The van der Waals surface area contributed by atoms with Crippen molar-refractivity contribution in [3.05, 3.63) is 29.6 Å². The highest BCUT2D eigenvalue weighted by Crippen LogP contribution is 2.34. The van der Waals surface area contributed by atoms with Crippen LogP contribution in [0.4, 0.5) is 10.1 Å². The Morgan fingerprint density at radius 1 is 1.53 bits per heavy atom. The van der Waals surface area contributed by atoms with Gasteiger partial charge in [0.05, 0.1) is 0 Å². The largest absolute Gasteiger partial charge is 0.385 e. The average Bonchev–Trinajstić information content (AvgIpc) is 2.26. The van der Waals surface area contributed by atoms with E-state index < -0.39 is 0 Å². The summed E-state index contributed by atoms with van der Waals surface area (Å²) in [5.74, 6) is 0.275. The number of benzene rings is 1. The number of ether oxygens (including phenoxy) is 1. The van der Waals surface area contributed by atoms with Crippen LogP contribution in [0.15, 0.2) is 18.2 Å². The van der Waals surface area contributed by atoms with E-state index in [4.69, 9.17) is 4.74 Å². The molecule has 1 aromatic carbocycles. The van der Waals surface area contributed by atoms with Crippen LogP contribution in [0.5, 0.6) is 0 Å². The van der Waals surface area contributed by atoms with E-state index in [9.17, 15) is 4.39 Å². The van der Waals surface area contributed by atoms with E-state index in [1.807, 2.05) is 6.07 Å². The predicted octanol–water partition coefficient (Wildman–Crippen LogP) is 2.76. The maximum absolute atomic E-state index is 13.1. The van der Waals surface area contributed by atoms with Gasteiger partial charge in [0.1, 0.15) is 5.82 Å². The molecule has 0 saturated carbocycles. The molecule has 2 rings (SSSR count). The van der Waals surface area contributed by atoms with E-state index in [2.05, 4.69) is 5.32 Å². The summed E-state index contributed by atoms with van der Waals surface area (Å²) in [5.41, 5.74) is 2.17. The fraction of sp³-hybridized carbons (Fsp3) is 0.500. The number of nitrogens with one attached hydrogen (secondary N) is 1. The number of hydrogen-bond donors (Lipinski definition) is 1. The summed E-state index contributed by atoms with van der Waals surface area (Å²) in [5, 5.41) is 3.29. The van der Waals surface area contributed by atoms with Crippen LogP contribution >= 0.6 is 0 Å². The van der Waals surface area contributed by atoms with E-state index in [1.54, 1.807) is 13.2 Å². The molecule has 0 fully saturated rings. The molecule has 0 bridgehead atoms. The summed E-state index contributed by atoms with van der Waals surface area (Å²) in [7, 11) is 1.70. The first-order valence-corrected chi connectivity index (χ1v) is 5.33. The molecule has 0 saturated heterocycles. The number of halogens is 1. The zero-order valence-electron chi connectivity index (χ0n) is 8.92. The van der Waals surface area contributed by atoms with E-state index in [1.165, 1.54) is 6.07 Å². The lowest BCUT2D eigenvalue weighted by molar-refractivity contribution is 0.186. The quantitative estimate of drug-likeness (QED) is 0.826. The molecule has 1 heterocycles.